The highest BCUT2D eigenvalue weighted by atomic mass is 16.6. The molecule has 220 valence electrons. The Kier molecular flexibility index (Phi) is 8.09. The number of nitrogens with one attached hydrogen (secondary N) is 1. The van der Waals surface area contributed by atoms with Crippen LogP contribution in [0, 0.1) is 10.1 Å². The molecule has 12 nitrogen and oxygen atoms in total. The average Bonchev–Trinajstić information content (AvgIpc) is 3.50. The summed E-state index contributed by atoms with van der Waals surface area (Å²) in [6, 6.07) is 23.8. The van der Waals surface area contributed by atoms with Crippen molar-refractivity contribution in [2.75, 3.05) is 37.7 Å². The molecular formula is C31H32N8O4. The van der Waals surface area contributed by atoms with Crippen molar-refractivity contribution in [1.29, 1.82) is 0 Å². The maximum Gasteiger partial charge on any atom is 0.269 e. The summed E-state index contributed by atoms with van der Waals surface area (Å²) in [5.41, 5.74) is 3.24. The van der Waals surface area contributed by atoms with Crippen molar-refractivity contribution in [2.45, 2.75) is 25.9 Å². The summed E-state index contributed by atoms with van der Waals surface area (Å²) in [5.74, 6) is 1.33. The number of H-pyrrole nitrogens is 1. The summed E-state index contributed by atoms with van der Waals surface area (Å²) in [4.78, 5) is 31.8. The lowest BCUT2D eigenvalue weighted by molar-refractivity contribution is -0.384. The molecule has 1 saturated heterocycles. The fourth-order valence-electron chi connectivity index (χ4n) is 5.63. The third kappa shape index (κ3) is 6.09. The van der Waals surface area contributed by atoms with Gasteiger partial charge < -0.3 is 14.6 Å². The first-order valence-electron chi connectivity index (χ1n) is 14.3. The molecule has 1 atom stereocenters. The number of hydrogen-bond acceptors (Lipinski definition) is 9. The van der Waals surface area contributed by atoms with E-state index in [4.69, 9.17) is 4.74 Å². The van der Waals surface area contributed by atoms with Crippen LogP contribution in [0.1, 0.15) is 29.9 Å². The first-order chi connectivity index (χ1) is 21.0. The Bertz CT molecular complexity index is 1760. The smallest absolute Gasteiger partial charge is 0.269 e. The van der Waals surface area contributed by atoms with E-state index in [0.717, 1.165) is 28.8 Å². The SMILES string of the molecule is CCOc1ccc2[nH]c(=O)c([C@@H](c3nnnn3CCc3ccccc3)N3CCN(c4ccc([N+](=O)[O-])cc4)CC3)cc2c1. The predicted molar refractivity (Wildman–Crippen MR) is 162 cm³/mol. The van der Waals surface area contributed by atoms with E-state index in [1.165, 1.54) is 17.7 Å². The van der Waals surface area contributed by atoms with E-state index < -0.39 is 11.0 Å². The van der Waals surface area contributed by atoms with Crippen LogP contribution in [0.2, 0.25) is 0 Å². The van der Waals surface area contributed by atoms with Crippen molar-refractivity contribution < 1.29 is 9.66 Å². The van der Waals surface area contributed by atoms with Gasteiger partial charge in [-0.3, -0.25) is 19.8 Å². The Morgan fingerprint density at radius 2 is 1.77 bits per heavy atom. The number of ether oxygens (including phenoxy) is 1. The number of nitro groups is 1. The van der Waals surface area contributed by atoms with Gasteiger partial charge in [0.1, 0.15) is 11.8 Å². The molecule has 0 spiro atoms. The first-order valence-corrected chi connectivity index (χ1v) is 14.3. The minimum atomic E-state index is -0.492. The number of rotatable bonds is 10. The summed E-state index contributed by atoms with van der Waals surface area (Å²) in [6.45, 7) is 5.63. The fourth-order valence-corrected chi connectivity index (χ4v) is 5.63. The van der Waals surface area contributed by atoms with E-state index >= 15 is 0 Å². The number of fused-ring (bicyclic) bond motifs is 1. The van der Waals surface area contributed by atoms with Gasteiger partial charge in [0, 0.05) is 67.0 Å². The molecule has 0 aliphatic carbocycles. The van der Waals surface area contributed by atoms with E-state index in [1.807, 2.05) is 49.4 Å². The second-order valence-corrected chi connectivity index (χ2v) is 10.4. The van der Waals surface area contributed by atoms with Crippen LogP contribution in [0.5, 0.6) is 5.75 Å². The van der Waals surface area contributed by atoms with Crippen LogP contribution in [-0.4, -0.2) is 67.8 Å². The van der Waals surface area contributed by atoms with Crippen molar-refractivity contribution in [3.63, 3.8) is 0 Å². The highest BCUT2D eigenvalue weighted by Crippen LogP contribution is 2.30. The summed E-state index contributed by atoms with van der Waals surface area (Å²) in [7, 11) is 0. The van der Waals surface area contributed by atoms with Gasteiger partial charge in [-0.15, -0.1) is 5.10 Å². The molecule has 1 aliphatic heterocycles. The number of aryl methyl sites for hydroxylation is 2. The molecule has 1 N–H and O–H groups in total. The van der Waals surface area contributed by atoms with Gasteiger partial charge in [0.25, 0.3) is 11.2 Å². The molecule has 3 aromatic carbocycles. The second-order valence-electron chi connectivity index (χ2n) is 10.4. The fraction of sp³-hybridized carbons (Fsp3) is 0.290. The van der Waals surface area contributed by atoms with Crippen molar-refractivity contribution >= 4 is 22.3 Å². The number of tetrazole rings is 1. The van der Waals surface area contributed by atoms with Gasteiger partial charge in [-0.05, 0) is 65.7 Å². The molecule has 3 heterocycles. The van der Waals surface area contributed by atoms with E-state index in [-0.39, 0.29) is 11.2 Å². The zero-order valence-corrected chi connectivity index (χ0v) is 23.8. The second kappa shape index (κ2) is 12.4. The molecule has 2 aromatic heterocycles. The normalized spacial score (nSPS) is 14.6. The van der Waals surface area contributed by atoms with Gasteiger partial charge in [-0.2, -0.15) is 0 Å². The first kappa shape index (κ1) is 28.0. The predicted octanol–water partition coefficient (Wildman–Crippen LogP) is 3.98. The lowest BCUT2D eigenvalue weighted by Crippen LogP contribution is -2.49. The maximum absolute atomic E-state index is 13.6. The number of nitro benzene ring substituents is 1. The molecule has 0 radical (unpaired) electrons. The summed E-state index contributed by atoms with van der Waals surface area (Å²) in [5, 5.41) is 24.8. The molecule has 1 aliphatic rings. The summed E-state index contributed by atoms with van der Waals surface area (Å²) < 4.78 is 7.51. The minimum absolute atomic E-state index is 0.0628. The van der Waals surface area contributed by atoms with E-state index in [0.29, 0.717) is 50.7 Å². The van der Waals surface area contributed by atoms with Crippen molar-refractivity contribution in [3.05, 3.63) is 116 Å². The molecule has 1 fully saturated rings. The number of aromatic amines is 1. The standard InChI is InChI=1S/C31H32N8O4/c1-2-43-26-12-13-28-23(20-26)21-27(31(40)32-28)29(30-33-34-35-38(30)15-14-22-6-4-3-5-7-22)37-18-16-36(17-19-37)24-8-10-25(11-9-24)39(41)42/h3-13,20-21,29H,2,14-19H2,1H3,(H,32,40)/t29-/m0/s1. The number of piperazine rings is 1. The highest BCUT2D eigenvalue weighted by molar-refractivity contribution is 5.80. The van der Waals surface area contributed by atoms with E-state index in [2.05, 4.69) is 42.4 Å². The monoisotopic (exact) mass is 580 g/mol. The minimum Gasteiger partial charge on any atom is -0.494 e. The third-order valence-corrected chi connectivity index (χ3v) is 7.81. The van der Waals surface area contributed by atoms with Gasteiger partial charge in [-0.25, -0.2) is 4.68 Å². The van der Waals surface area contributed by atoms with Crippen molar-refractivity contribution in [3.8, 4) is 5.75 Å². The average molecular weight is 581 g/mol. The number of nitrogens with zero attached hydrogens (tertiary/aromatic N) is 7. The van der Waals surface area contributed by atoms with E-state index in [9.17, 15) is 14.9 Å². The van der Waals surface area contributed by atoms with Crippen LogP contribution >= 0.6 is 0 Å². The Hall–Kier alpha value is -5.10. The molecule has 43 heavy (non-hydrogen) atoms. The van der Waals surface area contributed by atoms with Crippen LogP contribution in [-0.2, 0) is 13.0 Å². The van der Waals surface area contributed by atoms with Gasteiger partial charge in [-0.1, -0.05) is 30.3 Å². The maximum atomic E-state index is 13.6. The zero-order valence-electron chi connectivity index (χ0n) is 23.8. The molecular weight excluding hydrogens is 548 g/mol. The lowest BCUT2D eigenvalue weighted by atomic mass is 10.0. The van der Waals surface area contributed by atoms with E-state index in [1.54, 1.807) is 16.8 Å². The summed E-state index contributed by atoms with van der Waals surface area (Å²) >= 11 is 0. The zero-order chi connectivity index (χ0) is 29.8. The molecule has 6 rings (SSSR count). The Morgan fingerprint density at radius 1 is 1.00 bits per heavy atom. The molecule has 0 bridgehead atoms. The van der Waals surface area contributed by atoms with Gasteiger partial charge in [0.05, 0.1) is 11.5 Å². The lowest BCUT2D eigenvalue weighted by Gasteiger charge is -2.39. The number of benzene rings is 3. The van der Waals surface area contributed by atoms with Crippen LogP contribution in [0.25, 0.3) is 10.9 Å². The molecule has 0 amide bonds. The van der Waals surface area contributed by atoms with Crippen LogP contribution in [0.15, 0.2) is 83.7 Å². The number of non-ortho nitro benzene ring substituents is 1. The van der Waals surface area contributed by atoms with Crippen LogP contribution < -0.4 is 15.2 Å². The quantitative estimate of drug-likeness (QED) is 0.192. The molecule has 0 saturated carbocycles. The Labute approximate surface area is 247 Å². The topological polar surface area (TPSA) is 135 Å². The molecule has 12 heteroatoms. The van der Waals surface area contributed by atoms with Crippen LogP contribution in [0.3, 0.4) is 0 Å². The van der Waals surface area contributed by atoms with Crippen molar-refractivity contribution in [1.82, 2.24) is 30.1 Å². The number of pyridine rings is 1. The molecule has 0 unspecified atom stereocenters. The highest BCUT2D eigenvalue weighted by Gasteiger charge is 2.33. The molecule has 5 aromatic rings. The number of aromatic nitrogens is 5. The van der Waals surface area contributed by atoms with Gasteiger partial charge >= 0.3 is 0 Å². The Balaban J connectivity index is 1.33. The largest absolute Gasteiger partial charge is 0.494 e. The third-order valence-electron chi connectivity index (χ3n) is 7.81. The number of hydrogen-bond donors (Lipinski definition) is 1. The Morgan fingerprint density at radius 3 is 2.49 bits per heavy atom. The van der Waals surface area contributed by atoms with Gasteiger partial charge in [0.2, 0.25) is 0 Å². The van der Waals surface area contributed by atoms with Gasteiger partial charge in [0.15, 0.2) is 5.82 Å². The van der Waals surface area contributed by atoms with Crippen LogP contribution in [0.4, 0.5) is 11.4 Å². The summed E-state index contributed by atoms with van der Waals surface area (Å²) in [6.07, 6.45) is 0.741. The number of anilines is 1. The van der Waals surface area contributed by atoms with Crippen molar-refractivity contribution in [2.24, 2.45) is 0 Å².